The van der Waals surface area contributed by atoms with Crippen LogP contribution in [0.15, 0.2) is 0 Å². The Bertz CT molecular complexity index is 726. The Kier molecular flexibility index (Phi) is 6.67. The van der Waals surface area contributed by atoms with Crippen molar-refractivity contribution in [3.63, 3.8) is 0 Å². The standard InChI is InChI=1S/C20H31N5O3S/c1-15(26)24-6-8-25(9-7-24)20-22-17-3-2-16(14-18(17)29-20)19(27)21-4-5-23-10-12-28-13-11-23/h16H,2-14H2,1H3,(H,21,27). The van der Waals surface area contributed by atoms with Gasteiger partial charge in [-0.2, -0.15) is 0 Å². The summed E-state index contributed by atoms with van der Waals surface area (Å²) in [4.78, 5) is 36.8. The summed E-state index contributed by atoms with van der Waals surface area (Å²) in [6, 6.07) is 0. The van der Waals surface area contributed by atoms with Crippen LogP contribution in [0, 0.1) is 5.92 Å². The van der Waals surface area contributed by atoms with Crippen LogP contribution in [0.5, 0.6) is 0 Å². The molecule has 4 rings (SSSR count). The first-order chi connectivity index (χ1) is 14.1. The van der Waals surface area contributed by atoms with Crippen LogP contribution in [-0.4, -0.2) is 92.2 Å². The number of piperazine rings is 1. The molecule has 29 heavy (non-hydrogen) atoms. The Morgan fingerprint density at radius 2 is 1.93 bits per heavy atom. The average molecular weight is 422 g/mol. The minimum Gasteiger partial charge on any atom is -0.379 e. The van der Waals surface area contributed by atoms with Crippen molar-refractivity contribution >= 4 is 28.3 Å². The van der Waals surface area contributed by atoms with Gasteiger partial charge in [-0.3, -0.25) is 14.5 Å². The number of anilines is 1. The molecule has 2 aliphatic heterocycles. The van der Waals surface area contributed by atoms with Crippen LogP contribution in [0.2, 0.25) is 0 Å². The maximum absolute atomic E-state index is 12.6. The number of carbonyl (C=O) groups is 2. The molecule has 2 saturated heterocycles. The van der Waals surface area contributed by atoms with E-state index in [0.29, 0.717) is 6.54 Å². The Labute approximate surface area is 176 Å². The van der Waals surface area contributed by atoms with Crippen LogP contribution in [-0.2, 0) is 27.2 Å². The van der Waals surface area contributed by atoms with Gasteiger partial charge in [0, 0.05) is 70.1 Å². The van der Waals surface area contributed by atoms with Crippen LogP contribution in [0.4, 0.5) is 5.13 Å². The molecule has 2 fully saturated rings. The highest BCUT2D eigenvalue weighted by Crippen LogP contribution is 2.34. The fourth-order valence-electron chi connectivity index (χ4n) is 4.24. The Hall–Kier alpha value is -1.71. The van der Waals surface area contributed by atoms with Crippen molar-refractivity contribution in [1.29, 1.82) is 0 Å². The molecular formula is C20H31N5O3S. The lowest BCUT2D eigenvalue weighted by molar-refractivity contribution is -0.129. The number of carbonyl (C=O) groups excluding carboxylic acids is 2. The molecule has 1 aromatic rings. The molecule has 0 saturated carbocycles. The third-order valence-electron chi connectivity index (χ3n) is 6.13. The molecule has 3 heterocycles. The summed E-state index contributed by atoms with van der Waals surface area (Å²) in [7, 11) is 0. The smallest absolute Gasteiger partial charge is 0.223 e. The number of hydrogen-bond acceptors (Lipinski definition) is 7. The number of amides is 2. The number of hydrogen-bond donors (Lipinski definition) is 1. The fourth-order valence-corrected chi connectivity index (χ4v) is 5.48. The number of thiazole rings is 1. The van der Waals surface area contributed by atoms with Crippen LogP contribution >= 0.6 is 11.3 Å². The number of aryl methyl sites for hydroxylation is 1. The van der Waals surface area contributed by atoms with Gasteiger partial charge in [0.25, 0.3) is 0 Å². The van der Waals surface area contributed by atoms with Gasteiger partial charge in [0.05, 0.1) is 18.9 Å². The van der Waals surface area contributed by atoms with Gasteiger partial charge in [0.2, 0.25) is 11.8 Å². The third kappa shape index (κ3) is 5.07. The molecule has 0 aromatic carbocycles. The zero-order valence-corrected chi connectivity index (χ0v) is 18.0. The first-order valence-corrected chi connectivity index (χ1v) is 11.5. The average Bonchev–Trinajstić information content (AvgIpc) is 3.18. The van der Waals surface area contributed by atoms with Gasteiger partial charge >= 0.3 is 0 Å². The molecule has 1 unspecified atom stereocenters. The Balaban J connectivity index is 1.26. The van der Waals surface area contributed by atoms with Crippen molar-refractivity contribution in [3.8, 4) is 0 Å². The van der Waals surface area contributed by atoms with E-state index in [4.69, 9.17) is 9.72 Å². The number of nitrogens with zero attached hydrogens (tertiary/aromatic N) is 4. The van der Waals surface area contributed by atoms with Crippen LogP contribution in [0.25, 0.3) is 0 Å². The van der Waals surface area contributed by atoms with Gasteiger partial charge in [-0.15, -0.1) is 11.3 Å². The molecule has 2 amide bonds. The molecule has 1 N–H and O–H groups in total. The second-order valence-corrected chi connectivity index (χ2v) is 9.11. The molecular weight excluding hydrogens is 390 g/mol. The molecule has 160 valence electrons. The highest BCUT2D eigenvalue weighted by Gasteiger charge is 2.29. The molecule has 1 aliphatic carbocycles. The predicted octanol–water partition coefficient (Wildman–Crippen LogP) is 0.365. The second kappa shape index (κ2) is 9.40. The monoisotopic (exact) mass is 421 g/mol. The summed E-state index contributed by atoms with van der Waals surface area (Å²) in [5.41, 5.74) is 1.16. The number of ether oxygens (including phenoxy) is 1. The van der Waals surface area contributed by atoms with Crippen molar-refractivity contribution in [2.45, 2.75) is 26.2 Å². The molecule has 8 nitrogen and oxygen atoms in total. The molecule has 0 bridgehead atoms. The van der Waals surface area contributed by atoms with E-state index in [1.165, 1.54) is 4.88 Å². The normalized spacial score (nSPS) is 23.0. The second-order valence-electron chi connectivity index (χ2n) is 8.04. The summed E-state index contributed by atoms with van der Waals surface area (Å²) < 4.78 is 5.36. The fraction of sp³-hybridized carbons (Fsp3) is 0.750. The summed E-state index contributed by atoms with van der Waals surface area (Å²) in [6.07, 6.45) is 2.54. The quantitative estimate of drug-likeness (QED) is 0.740. The summed E-state index contributed by atoms with van der Waals surface area (Å²) in [5.74, 6) is 0.370. The van der Waals surface area contributed by atoms with Crippen molar-refractivity contribution in [2.24, 2.45) is 5.92 Å². The summed E-state index contributed by atoms with van der Waals surface area (Å²) in [5, 5.41) is 4.18. The van der Waals surface area contributed by atoms with Crippen LogP contribution < -0.4 is 10.2 Å². The van der Waals surface area contributed by atoms with E-state index in [1.807, 2.05) is 4.90 Å². The van der Waals surface area contributed by atoms with Crippen molar-refractivity contribution in [1.82, 2.24) is 20.1 Å². The van der Waals surface area contributed by atoms with Gasteiger partial charge in [-0.05, 0) is 19.3 Å². The lowest BCUT2D eigenvalue weighted by Crippen LogP contribution is -2.48. The zero-order chi connectivity index (χ0) is 20.2. The van der Waals surface area contributed by atoms with Crippen LogP contribution in [0.3, 0.4) is 0 Å². The van der Waals surface area contributed by atoms with E-state index in [2.05, 4.69) is 15.1 Å². The van der Waals surface area contributed by atoms with Crippen LogP contribution in [0.1, 0.15) is 23.9 Å². The Morgan fingerprint density at radius 3 is 2.66 bits per heavy atom. The number of rotatable bonds is 5. The lowest BCUT2D eigenvalue weighted by Gasteiger charge is -2.33. The molecule has 1 atom stereocenters. The van der Waals surface area contributed by atoms with E-state index in [1.54, 1.807) is 18.3 Å². The largest absolute Gasteiger partial charge is 0.379 e. The molecule has 9 heteroatoms. The van der Waals surface area contributed by atoms with E-state index < -0.39 is 0 Å². The van der Waals surface area contributed by atoms with Gasteiger partial charge in [0.15, 0.2) is 5.13 Å². The first kappa shape index (κ1) is 20.6. The SMILES string of the molecule is CC(=O)N1CCN(c2nc3c(s2)CC(C(=O)NCCN2CCOCC2)CC3)CC1. The van der Waals surface area contributed by atoms with Gasteiger partial charge in [-0.1, -0.05) is 0 Å². The van der Waals surface area contributed by atoms with Gasteiger partial charge in [0.1, 0.15) is 0 Å². The van der Waals surface area contributed by atoms with E-state index >= 15 is 0 Å². The minimum absolute atomic E-state index is 0.0510. The van der Waals surface area contributed by atoms with E-state index in [-0.39, 0.29) is 17.7 Å². The number of fused-ring (bicyclic) bond motifs is 1. The van der Waals surface area contributed by atoms with E-state index in [0.717, 1.165) is 89.1 Å². The molecule has 0 radical (unpaired) electrons. The zero-order valence-electron chi connectivity index (χ0n) is 17.2. The van der Waals surface area contributed by atoms with E-state index in [9.17, 15) is 9.59 Å². The molecule has 0 spiro atoms. The first-order valence-electron chi connectivity index (χ1n) is 10.7. The number of nitrogens with one attached hydrogen (secondary N) is 1. The van der Waals surface area contributed by atoms with Crippen molar-refractivity contribution < 1.29 is 14.3 Å². The lowest BCUT2D eigenvalue weighted by atomic mass is 9.90. The molecule has 3 aliphatic rings. The Morgan fingerprint density at radius 1 is 1.17 bits per heavy atom. The van der Waals surface area contributed by atoms with Gasteiger partial charge in [-0.25, -0.2) is 4.98 Å². The maximum Gasteiger partial charge on any atom is 0.223 e. The third-order valence-corrected chi connectivity index (χ3v) is 7.31. The topological polar surface area (TPSA) is 78.0 Å². The summed E-state index contributed by atoms with van der Waals surface area (Å²) >= 11 is 1.73. The minimum atomic E-state index is 0.0510. The van der Waals surface area contributed by atoms with Crippen molar-refractivity contribution in [2.75, 3.05) is 70.5 Å². The maximum atomic E-state index is 12.6. The predicted molar refractivity (Wildman–Crippen MR) is 112 cm³/mol. The van der Waals surface area contributed by atoms with Crippen molar-refractivity contribution in [3.05, 3.63) is 10.6 Å². The van der Waals surface area contributed by atoms with Gasteiger partial charge < -0.3 is 19.9 Å². The number of morpholine rings is 1. The highest BCUT2D eigenvalue weighted by molar-refractivity contribution is 7.15. The molecule has 1 aromatic heterocycles. The highest BCUT2D eigenvalue weighted by atomic mass is 32.1. The number of aromatic nitrogens is 1. The summed E-state index contributed by atoms with van der Waals surface area (Å²) in [6.45, 7) is 9.88.